The third-order valence-corrected chi connectivity index (χ3v) is 7.18. The quantitative estimate of drug-likeness (QED) is 0.660. The summed E-state index contributed by atoms with van der Waals surface area (Å²) in [5, 5.41) is 2.96. The first-order valence-corrected chi connectivity index (χ1v) is 11.9. The van der Waals surface area contributed by atoms with Crippen molar-refractivity contribution in [1.29, 1.82) is 0 Å². The maximum Gasteiger partial charge on any atom is 0.326 e. The topological polar surface area (TPSA) is 65.1 Å². The summed E-state index contributed by atoms with van der Waals surface area (Å²) < 4.78 is 5.80. The monoisotopic (exact) mass is 448 g/mol. The van der Waals surface area contributed by atoms with Crippen LogP contribution in [0.15, 0.2) is 48.5 Å². The number of amides is 3. The lowest BCUT2D eigenvalue weighted by Crippen LogP contribution is -2.52. The third kappa shape index (κ3) is 4.48. The highest BCUT2D eigenvalue weighted by Gasteiger charge is 2.49. The van der Waals surface area contributed by atoms with E-state index in [1.54, 1.807) is 0 Å². The number of hydrogen-bond donors (Lipinski definition) is 1. The number of rotatable bonds is 7. The van der Waals surface area contributed by atoms with E-state index in [4.69, 9.17) is 4.74 Å². The van der Waals surface area contributed by atoms with Crippen molar-refractivity contribution in [3.05, 3.63) is 65.2 Å². The van der Waals surface area contributed by atoms with E-state index in [2.05, 4.69) is 27.2 Å². The van der Waals surface area contributed by atoms with Gasteiger partial charge in [0, 0.05) is 32.7 Å². The van der Waals surface area contributed by atoms with Crippen molar-refractivity contribution in [2.24, 2.45) is 0 Å². The van der Waals surface area contributed by atoms with Gasteiger partial charge in [-0.3, -0.25) is 14.6 Å². The molecule has 7 heteroatoms. The number of piperazine rings is 1. The SMILES string of the molecule is CC1(c2ccc3c(c2)CCC3)NC(=O)N(CN2CCN(CCOc3ccccc3)CC2)C1=O. The molecule has 1 atom stereocenters. The van der Waals surface area contributed by atoms with Gasteiger partial charge in [0.1, 0.15) is 17.9 Å². The average Bonchev–Trinajstić information content (AvgIpc) is 3.39. The summed E-state index contributed by atoms with van der Waals surface area (Å²) in [6, 6.07) is 15.8. The number of urea groups is 1. The molecule has 2 fully saturated rings. The Bertz CT molecular complexity index is 1020. The Morgan fingerprint density at radius 1 is 0.939 bits per heavy atom. The van der Waals surface area contributed by atoms with Crippen LogP contribution in [0.5, 0.6) is 5.75 Å². The summed E-state index contributed by atoms with van der Waals surface area (Å²) in [5.74, 6) is 0.727. The van der Waals surface area contributed by atoms with Crippen LogP contribution in [0.3, 0.4) is 0 Å². The summed E-state index contributed by atoms with van der Waals surface area (Å²) >= 11 is 0. The molecule has 7 nitrogen and oxygen atoms in total. The van der Waals surface area contributed by atoms with Gasteiger partial charge >= 0.3 is 6.03 Å². The summed E-state index contributed by atoms with van der Waals surface area (Å²) in [5.41, 5.74) is 2.56. The van der Waals surface area contributed by atoms with Gasteiger partial charge in [0.05, 0.1) is 6.67 Å². The van der Waals surface area contributed by atoms with Crippen molar-refractivity contribution in [2.75, 3.05) is 46.0 Å². The van der Waals surface area contributed by atoms with Crippen LogP contribution in [0.2, 0.25) is 0 Å². The normalized spacial score (nSPS) is 23.6. The highest BCUT2D eigenvalue weighted by atomic mass is 16.5. The van der Waals surface area contributed by atoms with Crippen LogP contribution < -0.4 is 10.1 Å². The zero-order chi connectivity index (χ0) is 22.8. The molecule has 2 aliphatic heterocycles. The van der Waals surface area contributed by atoms with Gasteiger partial charge in [0.2, 0.25) is 0 Å². The van der Waals surface area contributed by atoms with E-state index in [1.807, 2.05) is 43.3 Å². The number of aryl methyl sites for hydroxylation is 2. The summed E-state index contributed by atoms with van der Waals surface area (Å²) in [6.45, 7) is 7.09. The Morgan fingerprint density at radius 2 is 1.67 bits per heavy atom. The van der Waals surface area contributed by atoms with E-state index >= 15 is 0 Å². The summed E-state index contributed by atoms with van der Waals surface area (Å²) in [7, 11) is 0. The number of nitrogens with one attached hydrogen (secondary N) is 1. The minimum Gasteiger partial charge on any atom is -0.492 e. The fourth-order valence-electron chi connectivity index (χ4n) is 5.07. The molecule has 3 aliphatic rings. The fraction of sp³-hybridized carbons (Fsp3) is 0.462. The molecule has 2 aromatic rings. The molecule has 33 heavy (non-hydrogen) atoms. The number of fused-ring (bicyclic) bond motifs is 1. The van der Waals surface area contributed by atoms with Crippen LogP contribution in [-0.4, -0.2) is 72.6 Å². The van der Waals surface area contributed by atoms with Gasteiger partial charge in [-0.1, -0.05) is 36.4 Å². The maximum atomic E-state index is 13.3. The van der Waals surface area contributed by atoms with Gasteiger partial charge in [0.15, 0.2) is 0 Å². The van der Waals surface area contributed by atoms with Crippen molar-refractivity contribution in [3.63, 3.8) is 0 Å². The van der Waals surface area contributed by atoms with Crippen LogP contribution in [0.25, 0.3) is 0 Å². The molecule has 0 aromatic heterocycles. The van der Waals surface area contributed by atoms with E-state index in [-0.39, 0.29) is 11.9 Å². The van der Waals surface area contributed by atoms with Crippen LogP contribution in [0.1, 0.15) is 30.0 Å². The number of imide groups is 1. The van der Waals surface area contributed by atoms with Crippen molar-refractivity contribution in [2.45, 2.75) is 31.7 Å². The smallest absolute Gasteiger partial charge is 0.326 e. The highest BCUT2D eigenvalue weighted by Crippen LogP contribution is 2.32. The van der Waals surface area contributed by atoms with Gasteiger partial charge < -0.3 is 10.1 Å². The Hall–Kier alpha value is -2.90. The standard InChI is InChI=1S/C26H32N4O3/c1-26(22-11-10-20-6-5-7-21(20)18-22)24(31)30(25(32)27-26)19-29-14-12-28(13-15-29)16-17-33-23-8-3-2-4-9-23/h2-4,8-11,18H,5-7,12-17,19H2,1H3,(H,27,32). The van der Waals surface area contributed by atoms with Crippen molar-refractivity contribution < 1.29 is 14.3 Å². The Morgan fingerprint density at radius 3 is 2.45 bits per heavy atom. The van der Waals surface area contributed by atoms with Gasteiger partial charge in [-0.05, 0) is 55.0 Å². The summed E-state index contributed by atoms with van der Waals surface area (Å²) in [4.78, 5) is 32.0. The van der Waals surface area contributed by atoms with E-state index in [0.717, 1.165) is 63.3 Å². The summed E-state index contributed by atoms with van der Waals surface area (Å²) in [6.07, 6.45) is 3.31. The molecular formula is C26H32N4O3. The number of ether oxygens (including phenoxy) is 1. The third-order valence-electron chi connectivity index (χ3n) is 7.18. The molecule has 0 bridgehead atoms. The number of carbonyl (C=O) groups excluding carboxylic acids is 2. The number of hydrogen-bond acceptors (Lipinski definition) is 5. The Balaban J connectivity index is 1.14. The van der Waals surface area contributed by atoms with E-state index < -0.39 is 5.54 Å². The zero-order valence-electron chi connectivity index (χ0n) is 19.3. The lowest BCUT2D eigenvalue weighted by Gasteiger charge is -2.36. The van der Waals surface area contributed by atoms with Crippen molar-refractivity contribution >= 4 is 11.9 Å². The predicted octanol–water partition coefficient (Wildman–Crippen LogP) is 2.60. The first kappa shape index (κ1) is 21.9. The van der Waals surface area contributed by atoms with Gasteiger partial charge in [-0.15, -0.1) is 0 Å². The molecule has 2 heterocycles. The molecular weight excluding hydrogens is 416 g/mol. The van der Waals surface area contributed by atoms with Crippen LogP contribution >= 0.6 is 0 Å². The number of benzene rings is 2. The molecule has 3 amide bonds. The predicted molar refractivity (Wildman–Crippen MR) is 126 cm³/mol. The van der Waals surface area contributed by atoms with Crippen LogP contribution in [0.4, 0.5) is 4.79 Å². The minimum absolute atomic E-state index is 0.163. The molecule has 5 rings (SSSR count). The number of carbonyl (C=O) groups is 2. The van der Waals surface area contributed by atoms with Gasteiger partial charge in [-0.2, -0.15) is 0 Å². The van der Waals surface area contributed by atoms with E-state index in [0.29, 0.717) is 13.3 Å². The number of nitrogens with zero attached hydrogens (tertiary/aromatic N) is 3. The lowest BCUT2D eigenvalue weighted by molar-refractivity contribution is -0.132. The van der Waals surface area contributed by atoms with Crippen LogP contribution in [-0.2, 0) is 23.2 Å². The first-order valence-electron chi connectivity index (χ1n) is 11.9. The molecule has 1 unspecified atom stereocenters. The lowest BCUT2D eigenvalue weighted by atomic mass is 9.90. The zero-order valence-corrected chi connectivity index (χ0v) is 19.3. The molecule has 1 N–H and O–H groups in total. The molecule has 2 aromatic carbocycles. The molecule has 174 valence electrons. The van der Waals surface area contributed by atoms with Crippen LogP contribution in [0, 0.1) is 0 Å². The van der Waals surface area contributed by atoms with E-state index in [9.17, 15) is 9.59 Å². The second-order valence-electron chi connectivity index (χ2n) is 9.39. The molecule has 1 aliphatic carbocycles. The molecule has 2 saturated heterocycles. The fourth-order valence-corrected chi connectivity index (χ4v) is 5.07. The Kier molecular flexibility index (Phi) is 6.08. The second-order valence-corrected chi connectivity index (χ2v) is 9.39. The van der Waals surface area contributed by atoms with Crippen molar-refractivity contribution in [1.82, 2.24) is 20.0 Å². The first-order chi connectivity index (χ1) is 16.0. The van der Waals surface area contributed by atoms with Gasteiger partial charge in [0.25, 0.3) is 5.91 Å². The molecule has 0 radical (unpaired) electrons. The largest absolute Gasteiger partial charge is 0.492 e. The van der Waals surface area contributed by atoms with Crippen molar-refractivity contribution in [3.8, 4) is 5.75 Å². The average molecular weight is 449 g/mol. The van der Waals surface area contributed by atoms with Gasteiger partial charge in [-0.25, -0.2) is 9.69 Å². The Labute approximate surface area is 195 Å². The maximum absolute atomic E-state index is 13.3. The molecule has 0 spiro atoms. The second kappa shape index (κ2) is 9.15. The minimum atomic E-state index is -0.995. The van der Waals surface area contributed by atoms with E-state index in [1.165, 1.54) is 16.0 Å². The number of para-hydroxylation sites is 1. The molecule has 0 saturated carbocycles. The highest BCUT2D eigenvalue weighted by molar-refractivity contribution is 6.07.